The van der Waals surface area contributed by atoms with Crippen molar-refractivity contribution >= 4 is 40.9 Å². The van der Waals surface area contributed by atoms with Crippen molar-refractivity contribution in [3.8, 4) is 0 Å². The lowest BCUT2D eigenvalue weighted by Gasteiger charge is -2.01. The molecule has 2 nitrogen and oxygen atoms in total. The molecule has 0 aliphatic heterocycles. The summed E-state index contributed by atoms with van der Waals surface area (Å²) in [5, 5.41) is 0.649. The molecule has 0 rings (SSSR count). The SMILES string of the molecule is CC(C)CCN=C(N)SCC=CCl.Cl. The zero-order valence-corrected chi connectivity index (χ0v) is 11.0. The first kappa shape index (κ1) is 16.6. The van der Waals surface area contributed by atoms with Gasteiger partial charge in [-0.25, -0.2) is 0 Å². The highest BCUT2D eigenvalue weighted by molar-refractivity contribution is 8.13. The number of aliphatic imine (C=N–C) groups is 1. The zero-order valence-electron chi connectivity index (χ0n) is 8.57. The van der Waals surface area contributed by atoms with Crippen LogP contribution in [0.1, 0.15) is 20.3 Å². The average Bonchev–Trinajstić information content (AvgIpc) is 2.04. The van der Waals surface area contributed by atoms with Crippen molar-refractivity contribution in [1.82, 2.24) is 0 Å². The summed E-state index contributed by atoms with van der Waals surface area (Å²) in [5.74, 6) is 1.48. The molecule has 0 aliphatic carbocycles. The van der Waals surface area contributed by atoms with Crippen LogP contribution in [0.15, 0.2) is 16.6 Å². The van der Waals surface area contributed by atoms with Gasteiger partial charge in [0.15, 0.2) is 5.17 Å². The molecule has 0 atom stereocenters. The van der Waals surface area contributed by atoms with Crippen LogP contribution in [0.4, 0.5) is 0 Å². The third-order valence-corrected chi connectivity index (χ3v) is 2.35. The zero-order chi connectivity index (χ0) is 10.1. The van der Waals surface area contributed by atoms with Gasteiger partial charge in [0, 0.05) is 17.8 Å². The Balaban J connectivity index is 0. The van der Waals surface area contributed by atoms with Gasteiger partial charge >= 0.3 is 0 Å². The Morgan fingerprint density at radius 1 is 1.57 bits per heavy atom. The predicted octanol–water partition coefficient (Wildman–Crippen LogP) is 3.25. The maximum Gasteiger partial charge on any atom is 0.154 e. The fourth-order valence-corrected chi connectivity index (χ4v) is 1.39. The minimum absolute atomic E-state index is 0. The van der Waals surface area contributed by atoms with Crippen molar-refractivity contribution < 1.29 is 0 Å². The molecule has 0 heterocycles. The fourth-order valence-electron chi connectivity index (χ4n) is 0.648. The first-order valence-electron chi connectivity index (χ1n) is 4.34. The normalized spacial score (nSPS) is 12.1. The Kier molecular flexibility index (Phi) is 13.3. The number of nitrogens with two attached hydrogens (primary N) is 1. The first-order chi connectivity index (χ1) is 6.16. The molecule has 0 spiro atoms. The molecule has 0 bridgehead atoms. The van der Waals surface area contributed by atoms with Crippen molar-refractivity contribution in [2.45, 2.75) is 20.3 Å². The third-order valence-electron chi connectivity index (χ3n) is 1.39. The highest BCUT2D eigenvalue weighted by atomic mass is 35.5. The van der Waals surface area contributed by atoms with Gasteiger partial charge in [-0.1, -0.05) is 43.3 Å². The van der Waals surface area contributed by atoms with E-state index in [0.29, 0.717) is 11.1 Å². The Hall–Kier alpha value is 0.140. The molecule has 0 saturated heterocycles. The van der Waals surface area contributed by atoms with Gasteiger partial charge in [0.1, 0.15) is 0 Å². The van der Waals surface area contributed by atoms with Gasteiger partial charge in [-0.05, 0) is 12.3 Å². The maximum absolute atomic E-state index is 5.64. The standard InChI is InChI=1S/C9H17ClN2S.ClH/c1-8(2)4-6-12-9(11)13-7-3-5-10;/h3,5,8H,4,6-7H2,1-2H3,(H2,11,12);1H. The van der Waals surface area contributed by atoms with E-state index in [0.717, 1.165) is 18.7 Å². The van der Waals surface area contributed by atoms with E-state index in [-0.39, 0.29) is 12.4 Å². The van der Waals surface area contributed by atoms with E-state index in [1.807, 2.05) is 6.08 Å². The number of amidine groups is 1. The van der Waals surface area contributed by atoms with Crippen molar-refractivity contribution in [3.05, 3.63) is 11.6 Å². The molecule has 0 radical (unpaired) electrons. The highest BCUT2D eigenvalue weighted by Crippen LogP contribution is 2.03. The topological polar surface area (TPSA) is 38.4 Å². The predicted molar refractivity (Wildman–Crippen MR) is 70.6 cm³/mol. The van der Waals surface area contributed by atoms with Crippen LogP contribution < -0.4 is 5.73 Å². The maximum atomic E-state index is 5.64. The molecule has 0 aromatic rings. The summed E-state index contributed by atoms with van der Waals surface area (Å²) in [6.45, 7) is 5.17. The van der Waals surface area contributed by atoms with Crippen molar-refractivity contribution in [1.29, 1.82) is 0 Å². The van der Waals surface area contributed by atoms with Gasteiger partial charge < -0.3 is 5.73 Å². The van der Waals surface area contributed by atoms with Crippen molar-refractivity contribution in [2.75, 3.05) is 12.3 Å². The van der Waals surface area contributed by atoms with Crippen molar-refractivity contribution in [3.63, 3.8) is 0 Å². The Labute approximate surface area is 102 Å². The lowest BCUT2D eigenvalue weighted by atomic mass is 10.1. The number of halogens is 2. The minimum Gasteiger partial charge on any atom is -0.379 e. The van der Waals surface area contributed by atoms with Crippen molar-refractivity contribution in [2.24, 2.45) is 16.6 Å². The lowest BCUT2D eigenvalue weighted by Crippen LogP contribution is -2.08. The second-order valence-corrected chi connectivity index (χ2v) is 4.37. The molecular formula is C9H18Cl2N2S. The highest BCUT2D eigenvalue weighted by Gasteiger charge is 1.93. The van der Waals surface area contributed by atoms with Gasteiger partial charge in [0.25, 0.3) is 0 Å². The summed E-state index contributed by atoms with van der Waals surface area (Å²) in [6, 6.07) is 0. The minimum atomic E-state index is 0. The Morgan fingerprint density at radius 3 is 2.71 bits per heavy atom. The van der Waals surface area contributed by atoms with Crippen LogP contribution in [-0.4, -0.2) is 17.5 Å². The average molecular weight is 257 g/mol. The van der Waals surface area contributed by atoms with Gasteiger partial charge in [0.2, 0.25) is 0 Å². The molecule has 0 unspecified atom stereocenters. The quantitative estimate of drug-likeness (QED) is 0.606. The van der Waals surface area contributed by atoms with E-state index in [1.54, 1.807) is 0 Å². The number of rotatable bonds is 5. The van der Waals surface area contributed by atoms with Gasteiger partial charge in [-0.3, -0.25) is 4.99 Å². The number of thioether (sulfide) groups is 1. The number of hydrogen-bond acceptors (Lipinski definition) is 2. The van der Waals surface area contributed by atoms with E-state index < -0.39 is 0 Å². The summed E-state index contributed by atoms with van der Waals surface area (Å²) >= 11 is 6.87. The smallest absolute Gasteiger partial charge is 0.154 e. The molecule has 0 aromatic carbocycles. The van der Waals surface area contributed by atoms with Gasteiger partial charge in [-0.2, -0.15) is 0 Å². The molecular weight excluding hydrogens is 239 g/mol. The van der Waals surface area contributed by atoms with E-state index in [2.05, 4.69) is 18.8 Å². The molecule has 5 heteroatoms. The summed E-state index contributed by atoms with van der Waals surface area (Å²) in [5.41, 5.74) is 7.13. The molecule has 0 amide bonds. The van der Waals surface area contributed by atoms with E-state index in [4.69, 9.17) is 17.3 Å². The first-order valence-corrected chi connectivity index (χ1v) is 5.77. The van der Waals surface area contributed by atoms with Crippen LogP contribution in [-0.2, 0) is 0 Å². The molecule has 0 aromatic heterocycles. The van der Waals surface area contributed by atoms with Crippen LogP contribution in [0.5, 0.6) is 0 Å². The summed E-state index contributed by atoms with van der Waals surface area (Å²) in [4.78, 5) is 4.22. The van der Waals surface area contributed by atoms with E-state index in [1.165, 1.54) is 17.3 Å². The number of hydrogen-bond donors (Lipinski definition) is 1. The van der Waals surface area contributed by atoms with Crippen LogP contribution >= 0.6 is 35.8 Å². The molecule has 0 aliphatic rings. The van der Waals surface area contributed by atoms with Crippen LogP contribution in [0, 0.1) is 5.92 Å². The van der Waals surface area contributed by atoms with Crippen LogP contribution in [0.25, 0.3) is 0 Å². The summed E-state index contributed by atoms with van der Waals surface area (Å²) < 4.78 is 0. The van der Waals surface area contributed by atoms with E-state index >= 15 is 0 Å². The molecule has 0 saturated carbocycles. The van der Waals surface area contributed by atoms with Crippen LogP contribution in [0.2, 0.25) is 0 Å². The van der Waals surface area contributed by atoms with Gasteiger partial charge in [-0.15, -0.1) is 12.4 Å². The largest absolute Gasteiger partial charge is 0.379 e. The monoisotopic (exact) mass is 256 g/mol. The third kappa shape index (κ3) is 12.1. The molecule has 84 valence electrons. The molecule has 14 heavy (non-hydrogen) atoms. The molecule has 0 fully saturated rings. The van der Waals surface area contributed by atoms with Crippen LogP contribution in [0.3, 0.4) is 0 Å². The van der Waals surface area contributed by atoms with E-state index in [9.17, 15) is 0 Å². The second kappa shape index (κ2) is 11.2. The Morgan fingerprint density at radius 2 is 2.21 bits per heavy atom. The second-order valence-electron chi connectivity index (χ2n) is 3.08. The van der Waals surface area contributed by atoms with Gasteiger partial charge in [0.05, 0.1) is 0 Å². The summed E-state index contributed by atoms with van der Waals surface area (Å²) in [7, 11) is 0. The fraction of sp³-hybridized carbons (Fsp3) is 0.667. The Bertz CT molecular complexity index is 182. The summed E-state index contributed by atoms with van der Waals surface area (Å²) in [6.07, 6.45) is 2.93. The number of nitrogens with zero attached hydrogens (tertiary/aromatic N) is 1. The lowest BCUT2D eigenvalue weighted by molar-refractivity contribution is 0.597. The molecule has 2 N–H and O–H groups in total.